The second-order valence-electron chi connectivity index (χ2n) is 3.51. The van der Waals surface area contributed by atoms with Crippen LogP contribution < -0.4 is 10.1 Å². The van der Waals surface area contributed by atoms with Gasteiger partial charge in [-0.1, -0.05) is 6.07 Å². The molecule has 78 valence electrons. The predicted octanol–water partition coefficient (Wildman–Crippen LogP) is 2.42. The van der Waals surface area contributed by atoms with E-state index in [1.165, 1.54) is 16.7 Å². The Labute approximate surface area is 86.3 Å². The summed E-state index contributed by atoms with van der Waals surface area (Å²) in [7, 11) is 1.96. The van der Waals surface area contributed by atoms with Gasteiger partial charge in [0.25, 0.3) is 0 Å². The molecule has 0 aliphatic rings. The molecule has 1 aromatic rings. The Morgan fingerprint density at radius 3 is 2.50 bits per heavy atom. The van der Waals surface area contributed by atoms with Crippen LogP contribution in [0, 0.1) is 13.8 Å². The minimum absolute atomic E-state index is 0.728. The maximum atomic E-state index is 5.53. The standard InChI is InChI=1S/C12H19NO/c1-5-14-12-7-9(2)11(8-13-4)6-10(12)3/h6-7,13H,5,8H2,1-4H3. The van der Waals surface area contributed by atoms with Crippen LogP contribution in [-0.4, -0.2) is 13.7 Å². The van der Waals surface area contributed by atoms with Gasteiger partial charge in [0.2, 0.25) is 0 Å². The molecule has 0 unspecified atom stereocenters. The van der Waals surface area contributed by atoms with Crippen molar-refractivity contribution in [1.82, 2.24) is 5.32 Å². The molecular weight excluding hydrogens is 174 g/mol. The van der Waals surface area contributed by atoms with Gasteiger partial charge in [-0.3, -0.25) is 0 Å². The lowest BCUT2D eigenvalue weighted by molar-refractivity contribution is 0.337. The molecule has 0 bridgehead atoms. The van der Waals surface area contributed by atoms with Gasteiger partial charge < -0.3 is 10.1 Å². The number of hydrogen-bond donors (Lipinski definition) is 1. The third-order valence-corrected chi connectivity index (χ3v) is 2.30. The van der Waals surface area contributed by atoms with E-state index in [0.29, 0.717) is 0 Å². The topological polar surface area (TPSA) is 21.3 Å². The molecule has 0 spiro atoms. The summed E-state index contributed by atoms with van der Waals surface area (Å²) in [6.07, 6.45) is 0. The van der Waals surface area contributed by atoms with Crippen LogP contribution in [-0.2, 0) is 6.54 Å². The summed E-state index contributed by atoms with van der Waals surface area (Å²) in [4.78, 5) is 0. The van der Waals surface area contributed by atoms with Gasteiger partial charge in [0.1, 0.15) is 5.75 Å². The van der Waals surface area contributed by atoms with Gasteiger partial charge in [0, 0.05) is 6.54 Å². The third kappa shape index (κ3) is 2.48. The van der Waals surface area contributed by atoms with Crippen LogP contribution in [0.15, 0.2) is 12.1 Å². The zero-order valence-corrected chi connectivity index (χ0v) is 9.48. The highest BCUT2D eigenvalue weighted by atomic mass is 16.5. The molecule has 14 heavy (non-hydrogen) atoms. The van der Waals surface area contributed by atoms with Gasteiger partial charge >= 0.3 is 0 Å². The van der Waals surface area contributed by atoms with Crippen LogP contribution in [0.1, 0.15) is 23.6 Å². The summed E-state index contributed by atoms with van der Waals surface area (Å²) in [6.45, 7) is 7.86. The van der Waals surface area contributed by atoms with Gasteiger partial charge in [0.05, 0.1) is 6.61 Å². The maximum Gasteiger partial charge on any atom is 0.122 e. The Balaban J connectivity index is 2.97. The first-order valence-corrected chi connectivity index (χ1v) is 5.06. The van der Waals surface area contributed by atoms with Crippen LogP contribution in [0.3, 0.4) is 0 Å². The normalized spacial score (nSPS) is 10.3. The minimum atomic E-state index is 0.728. The number of nitrogens with one attached hydrogen (secondary N) is 1. The highest BCUT2D eigenvalue weighted by Crippen LogP contribution is 2.22. The van der Waals surface area contributed by atoms with E-state index < -0.39 is 0 Å². The number of hydrogen-bond acceptors (Lipinski definition) is 2. The Hall–Kier alpha value is -1.02. The minimum Gasteiger partial charge on any atom is -0.494 e. The lowest BCUT2D eigenvalue weighted by atomic mass is 10.0. The van der Waals surface area contributed by atoms with Crippen molar-refractivity contribution in [2.24, 2.45) is 0 Å². The number of benzene rings is 1. The second-order valence-corrected chi connectivity index (χ2v) is 3.51. The molecule has 2 heteroatoms. The van der Waals surface area contributed by atoms with Crippen molar-refractivity contribution in [3.05, 3.63) is 28.8 Å². The molecule has 0 radical (unpaired) electrons. The highest BCUT2D eigenvalue weighted by molar-refractivity contribution is 5.41. The summed E-state index contributed by atoms with van der Waals surface area (Å²) in [6, 6.07) is 4.31. The molecule has 1 N–H and O–H groups in total. The fraction of sp³-hybridized carbons (Fsp3) is 0.500. The van der Waals surface area contributed by atoms with Crippen LogP contribution in [0.4, 0.5) is 0 Å². The molecule has 0 aliphatic carbocycles. The second kappa shape index (κ2) is 5.01. The van der Waals surface area contributed by atoms with E-state index in [9.17, 15) is 0 Å². The largest absolute Gasteiger partial charge is 0.494 e. The number of rotatable bonds is 4. The van der Waals surface area contributed by atoms with Crippen molar-refractivity contribution in [2.45, 2.75) is 27.3 Å². The summed E-state index contributed by atoms with van der Waals surface area (Å²) in [5.41, 5.74) is 3.84. The lowest BCUT2D eigenvalue weighted by Gasteiger charge is -2.12. The third-order valence-electron chi connectivity index (χ3n) is 2.30. The summed E-state index contributed by atoms with van der Waals surface area (Å²) >= 11 is 0. The zero-order valence-electron chi connectivity index (χ0n) is 9.48. The quantitative estimate of drug-likeness (QED) is 0.793. The molecule has 0 atom stereocenters. The Kier molecular flexibility index (Phi) is 3.96. The van der Waals surface area contributed by atoms with E-state index in [4.69, 9.17) is 4.74 Å². The molecule has 0 heterocycles. The molecule has 1 rings (SSSR count). The van der Waals surface area contributed by atoms with Crippen molar-refractivity contribution >= 4 is 0 Å². The smallest absolute Gasteiger partial charge is 0.122 e. The molecule has 1 aromatic carbocycles. The maximum absolute atomic E-state index is 5.53. The molecule has 2 nitrogen and oxygen atoms in total. The highest BCUT2D eigenvalue weighted by Gasteiger charge is 2.04. The molecule has 0 saturated carbocycles. The summed E-state index contributed by atoms with van der Waals surface area (Å²) in [5.74, 6) is 1.00. The fourth-order valence-electron chi connectivity index (χ4n) is 1.54. The predicted molar refractivity (Wildman–Crippen MR) is 59.8 cm³/mol. The first kappa shape index (κ1) is 11.1. The average molecular weight is 193 g/mol. The van der Waals surface area contributed by atoms with Crippen molar-refractivity contribution in [3.8, 4) is 5.75 Å². The van der Waals surface area contributed by atoms with Gasteiger partial charge in [-0.15, -0.1) is 0 Å². The van der Waals surface area contributed by atoms with Crippen LogP contribution in [0.5, 0.6) is 5.75 Å². The first-order valence-electron chi connectivity index (χ1n) is 5.06. The van der Waals surface area contributed by atoms with Crippen LogP contribution in [0.2, 0.25) is 0 Å². The van der Waals surface area contributed by atoms with Crippen LogP contribution in [0.25, 0.3) is 0 Å². The lowest BCUT2D eigenvalue weighted by Crippen LogP contribution is -2.07. The molecule has 0 aliphatic heterocycles. The van der Waals surface area contributed by atoms with E-state index in [0.717, 1.165) is 18.9 Å². The van der Waals surface area contributed by atoms with Gasteiger partial charge in [-0.25, -0.2) is 0 Å². The zero-order chi connectivity index (χ0) is 10.6. The van der Waals surface area contributed by atoms with Crippen LogP contribution >= 0.6 is 0 Å². The average Bonchev–Trinajstić information content (AvgIpc) is 2.14. The van der Waals surface area contributed by atoms with E-state index in [1.54, 1.807) is 0 Å². The Bertz CT molecular complexity index is 276. The van der Waals surface area contributed by atoms with Crippen molar-refractivity contribution in [1.29, 1.82) is 0 Å². The van der Waals surface area contributed by atoms with E-state index >= 15 is 0 Å². The summed E-state index contributed by atoms with van der Waals surface area (Å²) in [5, 5.41) is 3.16. The molecule has 0 aromatic heterocycles. The molecule has 0 amide bonds. The molecule has 0 fully saturated rings. The van der Waals surface area contributed by atoms with E-state index in [2.05, 4.69) is 31.3 Å². The Morgan fingerprint density at radius 1 is 1.21 bits per heavy atom. The number of aryl methyl sites for hydroxylation is 2. The van der Waals surface area contributed by atoms with Gasteiger partial charge in [-0.2, -0.15) is 0 Å². The van der Waals surface area contributed by atoms with E-state index in [1.807, 2.05) is 14.0 Å². The van der Waals surface area contributed by atoms with Crippen molar-refractivity contribution < 1.29 is 4.74 Å². The van der Waals surface area contributed by atoms with E-state index in [-0.39, 0.29) is 0 Å². The summed E-state index contributed by atoms with van der Waals surface area (Å²) < 4.78 is 5.53. The fourth-order valence-corrected chi connectivity index (χ4v) is 1.54. The molecule has 0 saturated heterocycles. The monoisotopic (exact) mass is 193 g/mol. The molecular formula is C12H19NO. The first-order chi connectivity index (χ1) is 6.69. The van der Waals surface area contributed by atoms with Gasteiger partial charge in [0.15, 0.2) is 0 Å². The van der Waals surface area contributed by atoms with Gasteiger partial charge in [-0.05, 0) is 50.6 Å². The Morgan fingerprint density at radius 2 is 1.93 bits per heavy atom. The SMILES string of the molecule is CCOc1cc(C)c(CNC)cc1C. The number of ether oxygens (including phenoxy) is 1. The van der Waals surface area contributed by atoms with Crippen molar-refractivity contribution in [2.75, 3.05) is 13.7 Å². The van der Waals surface area contributed by atoms with Crippen molar-refractivity contribution in [3.63, 3.8) is 0 Å².